The monoisotopic (exact) mass is 557 g/mol. The zero-order valence-electron chi connectivity index (χ0n) is 22.1. The van der Waals surface area contributed by atoms with Crippen LogP contribution in [-0.2, 0) is 27.4 Å². The molecule has 8 nitrogen and oxygen atoms in total. The summed E-state index contributed by atoms with van der Waals surface area (Å²) in [6.07, 6.45) is 7.12. The van der Waals surface area contributed by atoms with Crippen LogP contribution in [0.2, 0.25) is 0 Å². The Kier molecular flexibility index (Phi) is 7.47. The molecule has 6 rings (SSSR count). The number of H-pyrrole nitrogens is 2. The number of cyclic esters (lactones) is 1. The number of nitrogens with one attached hydrogen (secondary N) is 2. The third-order valence-corrected chi connectivity index (χ3v) is 9.13. The minimum Gasteiger partial charge on any atom is -0.489 e. The molecule has 2 aliphatic rings. The highest BCUT2D eigenvalue weighted by Gasteiger charge is 2.52. The summed E-state index contributed by atoms with van der Waals surface area (Å²) in [6.45, 7) is 0.504. The van der Waals surface area contributed by atoms with E-state index in [0.717, 1.165) is 54.3 Å². The first-order valence-corrected chi connectivity index (χ1v) is 14.6. The van der Waals surface area contributed by atoms with Gasteiger partial charge >= 0.3 is 5.97 Å². The standard InChI is InChI=1S/C31H31N3O5S/c35-25-18-31(22-8-4-5-9-22,16-14-20-10-12-23(13-11-20)38-19-21-6-2-1-3-7-21)39-29(37)26(25)40-30-33-27-24(15-17-32-27)28(36)34-30/h1-3,6-7,10-13,15,17,22,26H,4-5,8-9,14,16,18-19H2,(H2,32,33,34,36). The van der Waals surface area contributed by atoms with E-state index >= 15 is 0 Å². The summed E-state index contributed by atoms with van der Waals surface area (Å²) in [6, 6.07) is 19.6. The Morgan fingerprint density at radius 1 is 0.975 bits per heavy atom. The molecule has 0 bridgehead atoms. The molecule has 2 aromatic carbocycles. The molecule has 1 saturated carbocycles. The zero-order chi connectivity index (χ0) is 27.5. The highest BCUT2D eigenvalue weighted by atomic mass is 32.2. The second-order valence-corrected chi connectivity index (χ2v) is 11.7. The molecular formula is C31H31N3O5S. The predicted octanol–water partition coefficient (Wildman–Crippen LogP) is 5.37. The Hall–Kier alpha value is -3.85. The number of nitrogens with zero attached hydrogens (tertiary/aromatic N) is 1. The number of aromatic nitrogens is 3. The number of ketones is 1. The van der Waals surface area contributed by atoms with Crippen LogP contribution in [0, 0.1) is 5.92 Å². The number of carbonyl (C=O) groups excluding carboxylic acids is 2. The van der Waals surface area contributed by atoms with Crippen LogP contribution in [0.4, 0.5) is 0 Å². The van der Waals surface area contributed by atoms with Crippen molar-refractivity contribution in [3.05, 3.63) is 88.3 Å². The highest BCUT2D eigenvalue weighted by Crippen LogP contribution is 2.45. The number of ether oxygens (including phenoxy) is 2. The number of carbonyl (C=O) groups is 2. The van der Waals surface area contributed by atoms with Crippen LogP contribution in [0.5, 0.6) is 5.75 Å². The van der Waals surface area contributed by atoms with Gasteiger partial charge < -0.3 is 19.4 Å². The van der Waals surface area contributed by atoms with E-state index < -0.39 is 16.8 Å². The molecular weight excluding hydrogens is 526 g/mol. The number of fused-ring (bicyclic) bond motifs is 1. The number of thioether (sulfide) groups is 1. The molecule has 1 saturated heterocycles. The van der Waals surface area contributed by atoms with E-state index in [0.29, 0.717) is 30.5 Å². The number of hydrogen-bond donors (Lipinski definition) is 2. The third kappa shape index (κ3) is 5.56. The first kappa shape index (κ1) is 26.4. The fraction of sp³-hybridized carbons (Fsp3) is 0.355. The Labute approximate surface area is 235 Å². The second-order valence-electron chi connectivity index (χ2n) is 10.6. The van der Waals surface area contributed by atoms with Crippen molar-refractivity contribution in [3.63, 3.8) is 0 Å². The number of Topliss-reactive ketones (excluding diaryl/α,β-unsaturated/α-hetero) is 1. The van der Waals surface area contributed by atoms with Crippen molar-refractivity contribution in [3.8, 4) is 5.75 Å². The lowest BCUT2D eigenvalue weighted by Crippen LogP contribution is -2.53. The summed E-state index contributed by atoms with van der Waals surface area (Å²) >= 11 is 0.951. The first-order valence-electron chi connectivity index (χ1n) is 13.7. The van der Waals surface area contributed by atoms with Gasteiger partial charge in [0.15, 0.2) is 16.2 Å². The van der Waals surface area contributed by atoms with Gasteiger partial charge in [0.05, 0.1) is 5.39 Å². The number of aromatic amines is 2. The molecule has 0 amide bonds. The fourth-order valence-electron chi connectivity index (χ4n) is 5.89. The molecule has 40 heavy (non-hydrogen) atoms. The number of benzene rings is 2. The molecule has 1 aliphatic carbocycles. The van der Waals surface area contributed by atoms with Gasteiger partial charge in [0.2, 0.25) is 0 Å². The highest BCUT2D eigenvalue weighted by molar-refractivity contribution is 8.01. The molecule has 1 aliphatic heterocycles. The predicted molar refractivity (Wildman–Crippen MR) is 152 cm³/mol. The van der Waals surface area contributed by atoms with Gasteiger partial charge in [0.25, 0.3) is 5.56 Å². The van der Waals surface area contributed by atoms with Gasteiger partial charge in [0.1, 0.15) is 23.6 Å². The lowest BCUT2D eigenvalue weighted by molar-refractivity contribution is -0.177. The van der Waals surface area contributed by atoms with Crippen molar-refractivity contribution in [2.24, 2.45) is 5.92 Å². The maximum absolute atomic E-state index is 13.5. The van der Waals surface area contributed by atoms with Gasteiger partial charge in [-0.05, 0) is 60.9 Å². The quantitative estimate of drug-likeness (QED) is 0.162. The van der Waals surface area contributed by atoms with Crippen LogP contribution >= 0.6 is 11.8 Å². The molecule has 2 N–H and O–H groups in total. The van der Waals surface area contributed by atoms with Crippen LogP contribution in [-0.4, -0.2) is 37.6 Å². The molecule has 2 atom stereocenters. The lowest BCUT2D eigenvalue weighted by atomic mass is 9.76. The van der Waals surface area contributed by atoms with E-state index in [2.05, 4.69) is 15.0 Å². The van der Waals surface area contributed by atoms with E-state index in [4.69, 9.17) is 9.47 Å². The van der Waals surface area contributed by atoms with Gasteiger partial charge in [-0.2, -0.15) is 0 Å². The number of hydrogen-bond acceptors (Lipinski definition) is 7. The Morgan fingerprint density at radius 3 is 2.50 bits per heavy atom. The molecule has 9 heteroatoms. The lowest BCUT2D eigenvalue weighted by Gasteiger charge is -2.42. The van der Waals surface area contributed by atoms with E-state index in [1.807, 2.05) is 54.6 Å². The summed E-state index contributed by atoms with van der Waals surface area (Å²) in [5.74, 6) is 0.230. The van der Waals surface area contributed by atoms with E-state index in [1.54, 1.807) is 12.3 Å². The van der Waals surface area contributed by atoms with Crippen molar-refractivity contribution >= 4 is 34.5 Å². The smallest absolute Gasteiger partial charge is 0.327 e. The van der Waals surface area contributed by atoms with Crippen LogP contribution in [0.15, 0.2) is 76.8 Å². The Morgan fingerprint density at radius 2 is 1.75 bits per heavy atom. The van der Waals surface area contributed by atoms with Crippen molar-refractivity contribution in [1.29, 1.82) is 0 Å². The average molecular weight is 558 g/mol. The van der Waals surface area contributed by atoms with Crippen molar-refractivity contribution < 1.29 is 19.1 Å². The van der Waals surface area contributed by atoms with Crippen LogP contribution < -0.4 is 10.3 Å². The van der Waals surface area contributed by atoms with E-state index in [-0.39, 0.29) is 28.8 Å². The van der Waals surface area contributed by atoms with Crippen molar-refractivity contribution in [2.45, 2.75) is 67.6 Å². The summed E-state index contributed by atoms with van der Waals surface area (Å²) in [5.41, 5.74) is 1.50. The van der Waals surface area contributed by atoms with E-state index in [9.17, 15) is 14.4 Å². The molecule has 0 radical (unpaired) electrons. The van der Waals surface area contributed by atoms with Crippen molar-refractivity contribution in [1.82, 2.24) is 15.0 Å². The second kappa shape index (κ2) is 11.3. The van der Waals surface area contributed by atoms with Gasteiger partial charge in [-0.15, -0.1) is 0 Å². The molecule has 4 aromatic rings. The normalized spacial score (nSPS) is 21.6. The van der Waals surface area contributed by atoms with E-state index in [1.165, 1.54) is 0 Å². The number of rotatable bonds is 9. The number of aryl methyl sites for hydroxylation is 1. The summed E-state index contributed by atoms with van der Waals surface area (Å²) in [7, 11) is 0. The third-order valence-electron chi connectivity index (χ3n) is 8.02. The Balaban J connectivity index is 1.13. The fourth-order valence-corrected chi connectivity index (χ4v) is 6.77. The van der Waals surface area contributed by atoms with Crippen LogP contribution in [0.25, 0.3) is 11.0 Å². The Bertz CT molecular complexity index is 1540. The SMILES string of the molecule is O=C1CC(CCc2ccc(OCc3ccccc3)cc2)(C2CCCC2)OC(=O)C1Sc1nc2[nH]ccc2c(=O)[nH]1. The van der Waals surface area contributed by atoms with Gasteiger partial charge in [0, 0.05) is 12.6 Å². The summed E-state index contributed by atoms with van der Waals surface area (Å²) in [4.78, 5) is 49.1. The molecule has 2 fully saturated rings. The minimum absolute atomic E-state index is 0.160. The van der Waals surface area contributed by atoms with Crippen molar-refractivity contribution in [2.75, 3.05) is 0 Å². The number of esters is 1. The van der Waals surface area contributed by atoms with Gasteiger partial charge in [-0.3, -0.25) is 14.4 Å². The molecule has 2 unspecified atom stereocenters. The maximum Gasteiger partial charge on any atom is 0.327 e. The molecule has 3 heterocycles. The van der Waals surface area contributed by atoms with Crippen LogP contribution in [0.3, 0.4) is 0 Å². The van der Waals surface area contributed by atoms with Gasteiger partial charge in [-0.1, -0.05) is 67.1 Å². The van der Waals surface area contributed by atoms with Gasteiger partial charge in [-0.25, -0.2) is 4.98 Å². The summed E-state index contributed by atoms with van der Waals surface area (Å²) < 4.78 is 12.1. The maximum atomic E-state index is 13.5. The minimum atomic E-state index is -1.05. The summed E-state index contributed by atoms with van der Waals surface area (Å²) in [5, 5.41) is -0.401. The largest absolute Gasteiger partial charge is 0.489 e. The average Bonchev–Trinajstić information content (AvgIpc) is 3.68. The molecule has 0 spiro atoms. The zero-order valence-corrected chi connectivity index (χ0v) is 22.9. The molecule has 206 valence electrons. The topological polar surface area (TPSA) is 114 Å². The van der Waals surface area contributed by atoms with Crippen LogP contribution in [0.1, 0.15) is 49.7 Å². The first-order chi connectivity index (χ1) is 19.5. The molecule has 2 aromatic heterocycles.